The number of nitrogens with zero attached hydrogens (tertiary/aromatic N) is 2. The number of halogens is 1. The molecule has 0 radical (unpaired) electrons. The molecule has 2 nitrogen and oxygen atoms in total. The van der Waals surface area contributed by atoms with E-state index in [1.165, 1.54) is 10.8 Å². The Morgan fingerprint density at radius 1 is 0.850 bits per heavy atom. The third kappa shape index (κ3) is 1.69. The molecule has 0 N–H and O–H groups in total. The lowest BCUT2D eigenvalue weighted by Gasteiger charge is -2.01. The van der Waals surface area contributed by atoms with Crippen LogP contribution >= 0.6 is 11.6 Å². The van der Waals surface area contributed by atoms with E-state index in [4.69, 9.17) is 11.6 Å². The Labute approximate surface area is 121 Å². The van der Waals surface area contributed by atoms with E-state index in [0.29, 0.717) is 5.15 Å². The quantitative estimate of drug-likeness (QED) is 0.488. The van der Waals surface area contributed by atoms with Gasteiger partial charge in [0.25, 0.3) is 0 Å². The van der Waals surface area contributed by atoms with Gasteiger partial charge in [0.05, 0.1) is 0 Å². The van der Waals surface area contributed by atoms with E-state index in [2.05, 4.69) is 35.3 Å². The molecule has 0 bridgehead atoms. The van der Waals surface area contributed by atoms with Crippen molar-refractivity contribution in [1.82, 2.24) is 9.38 Å². The molecule has 96 valence electrons. The molecule has 3 heteroatoms. The third-order valence-electron chi connectivity index (χ3n) is 3.49. The minimum absolute atomic E-state index is 0.649. The van der Waals surface area contributed by atoms with E-state index in [0.717, 1.165) is 16.9 Å². The normalized spacial score (nSPS) is 11.2. The summed E-state index contributed by atoms with van der Waals surface area (Å²) in [6, 6.07) is 20.4. The van der Waals surface area contributed by atoms with E-state index in [1.54, 1.807) is 0 Å². The second-order valence-corrected chi connectivity index (χ2v) is 5.10. The van der Waals surface area contributed by atoms with Gasteiger partial charge in [-0.1, -0.05) is 54.1 Å². The summed E-state index contributed by atoms with van der Waals surface area (Å²) in [6.07, 6.45) is 1.93. The molecule has 0 aliphatic heterocycles. The van der Waals surface area contributed by atoms with Crippen LogP contribution in [0.25, 0.3) is 27.7 Å². The lowest BCUT2D eigenvalue weighted by molar-refractivity contribution is 1.19. The Bertz CT molecular complexity index is 924. The number of pyridine rings is 1. The molecular weight excluding hydrogens is 268 g/mol. The number of hydrogen-bond acceptors (Lipinski definition) is 1. The lowest BCUT2D eigenvalue weighted by Crippen LogP contribution is -1.82. The van der Waals surface area contributed by atoms with Crippen molar-refractivity contribution in [2.75, 3.05) is 0 Å². The van der Waals surface area contributed by atoms with Gasteiger partial charge in [-0.25, -0.2) is 4.98 Å². The van der Waals surface area contributed by atoms with Crippen molar-refractivity contribution in [1.29, 1.82) is 0 Å². The van der Waals surface area contributed by atoms with Gasteiger partial charge in [0, 0.05) is 11.8 Å². The van der Waals surface area contributed by atoms with Gasteiger partial charge >= 0.3 is 0 Å². The average Bonchev–Trinajstić information content (AvgIpc) is 2.84. The van der Waals surface area contributed by atoms with Crippen LogP contribution in [-0.2, 0) is 0 Å². The predicted octanol–water partition coefficient (Wildman–Crippen LogP) is 4.81. The summed E-state index contributed by atoms with van der Waals surface area (Å²) in [6.45, 7) is 0. The maximum absolute atomic E-state index is 6.44. The lowest BCUT2D eigenvalue weighted by atomic mass is 10.1. The highest BCUT2D eigenvalue weighted by Crippen LogP contribution is 2.30. The van der Waals surface area contributed by atoms with Crippen LogP contribution in [0.5, 0.6) is 0 Å². The van der Waals surface area contributed by atoms with Crippen LogP contribution < -0.4 is 0 Å². The molecule has 0 saturated heterocycles. The maximum Gasteiger partial charge on any atom is 0.141 e. The minimum Gasteiger partial charge on any atom is -0.290 e. The molecular formula is C17H11ClN2. The summed E-state index contributed by atoms with van der Waals surface area (Å²) in [5, 5.41) is 3.06. The smallest absolute Gasteiger partial charge is 0.141 e. The van der Waals surface area contributed by atoms with Gasteiger partial charge in [-0.3, -0.25) is 4.40 Å². The van der Waals surface area contributed by atoms with E-state index in [-0.39, 0.29) is 0 Å². The molecule has 0 fully saturated rings. The molecule has 0 aliphatic carbocycles. The first kappa shape index (κ1) is 11.5. The number of aromatic nitrogens is 2. The SMILES string of the molecule is Clc1c(-c2ccc3ccccc3c2)nc2ccccn12. The Morgan fingerprint density at radius 2 is 1.65 bits per heavy atom. The Balaban J connectivity index is 1.98. The van der Waals surface area contributed by atoms with Crippen LogP contribution in [-0.4, -0.2) is 9.38 Å². The minimum atomic E-state index is 0.649. The number of benzene rings is 2. The van der Waals surface area contributed by atoms with Crippen LogP contribution in [0.4, 0.5) is 0 Å². The molecule has 0 atom stereocenters. The number of imidazole rings is 1. The molecule has 0 amide bonds. The first-order valence-corrected chi connectivity index (χ1v) is 6.82. The van der Waals surface area contributed by atoms with Crippen molar-refractivity contribution in [3.8, 4) is 11.3 Å². The average molecular weight is 279 g/mol. The molecule has 0 unspecified atom stereocenters. The molecule has 0 saturated carbocycles. The third-order valence-corrected chi connectivity index (χ3v) is 3.86. The van der Waals surface area contributed by atoms with Gasteiger partial charge in [0.15, 0.2) is 0 Å². The van der Waals surface area contributed by atoms with Crippen LogP contribution in [0, 0.1) is 0 Å². The van der Waals surface area contributed by atoms with E-state index in [1.807, 2.05) is 40.9 Å². The summed E-state index contributed by atoms with van der Waals surface area (Å²) < 4.78 is 1.89. The van der Waals surface area contributed by atoms with Gasteiger partial charge in [0.1, 0.15) is 16.5 Å². The summed E-state index contributed by atoms with van der Waals surface area (Å²) in [4.78, 5) is 4.62. The molecule has 2 heterocycles. The Morgan fingerprint density at radius 3 is 2.50 bits per heavy atom. The van der Waals surface area contributed by atoms with Crippen LogP contribution in [0.1, 0.15) is 0 Å². The largest absolute Gasteiger partial charge is 0.290 e. The standard InChI is InChI=1S/C17H11ClN2/c18-17-16(19-15-7-3-4-10-20(15)17)14-9-8-12-5-1-2-6-13(12)11-14/h1-11H. The highest BCUT2D eigenvalue weighted by Gasteiger charge is 2.11. The van der Waals surface area contributed by atoms with Crippen molar-refractivity contribution in [2.24, 2.45) is 0 Å². The first-order valence-electron chi connectivity index (χ1n) is 6.45. The molecule has 0 spiro atoms. The highest BCUT2D eigenvalue weighted by molar-refractivity contribution is 6.32. The zero-order chi connectivity index (χ0) is 13.5. The van der Waals surface area contributed by atoms with Crippen LogP contribution in [0.3, 0.4) is 0 Å². The monoisotopic (exact) mass is 278 g/mol. The zero-order valence-electron chi connectivity index (χ0n) is 10.6. The van der Waals surface area contributed by atoms with Crippen LogP contribution in [0.2, 0.25) is 5.15 Å². The second kappa shape index (κ2) is 4.36. The van der Waals surface area contributed by atoms with Crippen molar-refractivity contribution in [3.05, 3.63) is 72.0 Å². The molecule has 4 aromatic rings. The molecule has 4 rings (SSSR count). The van der Waals surface area contributed by atoms with Crippen molar-refractivity contribution in [3.63, 3.8) is 0 Å². The van der Waals surface area contributed by atoms with Crippen molar-refractivity contribution >= 4 is 28.0 Å². The fraction of sp³-hybridized carbons (Fsp3) is 0. The topological polar surface area (TPSA) is 17.3 Å². The summed E-state index contributed by atoms with van der Waals surface area (Å²) in [5.41, 5.74) is 2.72. The number of fused-ring (bicyclic) bond motifs is 2. The van der Waals surface area contributed by atoms with Crippen molar-refractivity contribution in [2.45, 2.75) is 0 Å². The fourth-order valence-electron chi connectivity index (χ4n) is 2.49. The van der Waals surface area contributed by atoms with Gasteiger partial charge in [0.2, 0.25) is 0 Å². The fourth-order valence-corrected chi connectivity index (χ4v) is 2.78. The summed E-state index contributed by atoms with van der Waals surface area (Å²) in [7, 11) is 0. The summed E-state index contributed by atoms with van der Waals surface area (Å²) in [5.74, 6) is 0. The van der Waals surface area contributed by atoms with E-state index < -0.39 is 0 Å². The molecule has 0 aliphatic rings. The number of hydrogen-bond donors (Lipinski definition) is 0. The maximum atomic E-state index is 6.44. The summed E-state index contributed by atoms with van der Waals surface area (Å²) >= 11 is 6.44. The second-order valence-electron chi connectivity index (χ2n) is 4.74. The van der Waals surface area contributed by atoms with Gasteiger partial charge in [-0.15, -0.1) is 0 Å². The first-order chi connectivity index (χ1) is 9.83. The van der Waals surface area contributed by atoms with E-state index >= 15 is 0 Å². The zero-order valence-corrected chi connectivity index (χ0v) is 11.4. The Kier molecular flexibility index (Phi) is 2.51. The van der Waals surface area contributed by atoms with Gasteiger partial charge in [-0.05, 0) is 29.0 Å². The predicted molar refractivity (Wildman–Crippen MR) is 83.1 cm³/mol. The molecule has 2 aromatic carbocycles. The van der Waals surface area contributed by atoms with Crippen molar-refractivity contribution < 1.29 is 0 Å². The highest BCUT2D eigenvalue weighted by atomic mass is 35.5. The molecule has 2 aromatic heterocycles. The Hall–Kier alpha value is -2.32. The van der Waals surface area contributed by atoms with Crippen LogP contribution in [0.15, 0.2) is 66.9 Å². The van der Waals surface area contributed by atoms with E-state index in [9.17, 15) is 0 Å². The molecule has 20 heavy (non-hydrogen) atoms. The van der Waals surface area contributed by atoms with Gasteiger partial charge < -0.3 is 0 Å². The number of rotatable bonds is 1. The van der Waals surface area contributed by atoms with Gasteiger partial charge in [-0.2, -0.15) is 0 Å².